The van der Waals surface area contributed by atoms with Crippen molar-refractivity contribution in [2.75, 3.05) is 20.8 Å². The first-order valence-corrected chi connectivity index (χ1v) is 20.1. The van der Waals surface area contributed by atoms with E-state index in [1.54, 1.807) is 66.7 Å². The quantitative estimate of drug-likeness (QED) is 0.0216. The van der Waals surface area contributed by atoms with E-state index in [-0.39, 0.29) is 19.8 Å². The molecule has 3 aromatic rings. The van der Waals surface area contributed by atoms with Crippen LogP contribution in [0.4, 0.5) is 0 Å². The lowest BCUT2D eigenvalue weighted by atomic mass is 9.95. The van der Waals surface area contributed by atoms with Gasteiger partial charge in [-0.15, -0.1) is 0 Å². The van der Waals surface area contributed by atoms with Crippen molar-refractivity contribution in [3.05, 3.63) is 112 Å². The lowest BCUT2D eigenvalue weighted by Gasteiger charge is -2.48. The van der Waals surface area contributed by atoms with E-state index in [9.17, 15) is 19.9 Å². The predicted molar refractivity (Wildman–Crippen MR) is 220 cm³/mol. The molecule has 2 heterocycles. The van der Waals surface area contributed by atoms with E-state index >= 15 is 0 Å². The van der Waals surface area contributed by atoms with E-state index < -0.39 is 95.6 Å². The lowest BCUT2D eigenvalue weighted by Crippen LogP contribution is -2.66. The van der Waals surface area contributed by atoms with Crippen molar-refractivity contribution in [1.82, 2.24) is 0 Å². The number of halogens is 3. The van der Waals surface area contributed by atoms with Crippen molar-refractivity contribution in [2.45, 2.75) is 98.8 Å². The Balaban J connectivity index is 1.60. The number of nitrogens with one attached hydrogen (secondary N) is 1. The van der Waals surface area contributed by atoms with Gasteiger partial charge in [0, 0.05) is 18.8 Å². The van der Waals surface area contributed by atoms with E-state index in [2.05, 4.69) is 10.0 Å². The highest BCUT2D eigenvalue weighted by molar-refractivity contribution is 6.76. The minimum absolute atomic E-state index is 0.0517. The van der Waals surface area contributed by atoms with Gasteiger partial charge in [-0.3, -0.25) is 15.0 Å². The second-order valence-electron chi connectivity index (χ2n) is 13.8. The number of azide groups is 1. The highest BCUT2D eigenvalue weighted by Crippen LogP contribution is 2.38. The van der Waals surface area contributed by atoms with Crippen LogP contribution in [0.15, 0.2) is 90.0 Å². The molecule has 10 atom stereocenters. The van der Waals surface area contributed by atoms with Crippen LogP contribution in [-0.2, 0) is 81.6 Å². The molecule has 2 fully saturated rings. The molecule has 1 unspecified atom stereocenters. The van der Waals surface area contributed by atoms with Gasteiger partial charge in [-0.2, -0.15) is 0 Å². The first-order valence-electron chi connectivity index (χ1n) is 19.0. The van der Waals surface area contributed by atoms with Gasteiger partial charge < -0.3 is 52.1 Å². The van der Waals surface area contributed by atoms with Crippen LogP contribution in [0.25, 0.3) is 10.4 Å². The zero-order valence-corrected chi connectivity index (χ0v) is 36.1. The van der Waals surface area contributed by atoms with Gasteiger partial charge in [0.2, 0.25) is 12.2 Å². The molecule has 2 aliphatic heterocycles. The Kier molecular flexibility index (Phi) is 18.0. The van der Waals surface area contributed by atoms with E-state index in [0.717, 1.165) is 26.5 Å². The largest absolute Gasteiger partial charge is 0.497 e. The molecule has 0 bridgehead atoms. The van der Waals surface area contributed by atoms with Crippen LogP contribution in [-0.4, -0.2) is 110 Å². The number of hydrogen-bond acceptors (Lipinski definition) is 16. The van der Waals surface area contributed by atoms with Crippen LogP contribution in [0.3, 0.4) is 0 Å². The fourth-order valence-corrected chi connectivity index (χ4v) is 6.69. The van der Waals surface area contributed by atoms with Gasteiger partial charge in [0.15, 0.2) is 18.5 Å². The van der Waals surface area contributed by atoms with E-state index in [1.807, 2.05) is 18.2 Å². The monoisotopic (exact) mass is 922 g/mol. The maximum Gasteiger partial charge on any atom is 0.337 e. The zero-order chi connectivity index (χ0) is 44.8. The average Bonchev–Trinajstić information content (AvgIpc) is 3.25. The van der Waals surface area contributed by atoms with Crippen LogP contribution < -0.4 is 4.74 Å². The summed E-state index contributed by atoms with van der Waals surface area (Å²) in [7, 11) is 2.68. The molecule has 2 aliphatic rings. The molecule has 1 N–H and O–H groups in total. The predicted octanol–water partition coefficient (Wildman–Crippen LogP) is 6.30. The smallest absolute Gasteiger partial charge is 0.337 e. The number of methoxy groups -OCH3 is 2. The summed E-state index contributed by atoms with van der Waals surface area (Å²) < 4.78 is 63.4. The minimum Gasteiger partial charge on any atom is -0.497 e. The summed E-state index contributed by atoms with van der Waals surface area (Å²) in [6.07, 6.45) is -13.3. The van der Waals surface area contributed by atoms with Crippen molar-refractivity contribution in [3.63, 3.8) is 0 Å². The Bertz CT molecular complexity index is 1990. The molecular weight excluding hydrogens is 879 g/mol. The van der Waals surface area contributed by atoms with Gasteiger partial charge in [0.05, 0.1) is 34.0 Å². The maximum absolute atomic E-state index is 13.7. The number of alkyl halides is 3. The molecule has 2 saturated heterocycles. The summed E-state index contributed by atoms with van der Waals surface area (Å²) >= 11 is 17.8. The van der Waals surface area contributed by atoms with Crippen LogP contribution in [0, 0.1) is 5.41 Å². The summed E-state index contributed by atoms with van der Waals surface area (Å²) in [5, 5.41) is 12.2. The van der Waals surface area contributed by atoms with E-state index in [4.69, 9.17) is 92.3 Å². The molecular formula is C41H45Cl3N4O14. The highest BCUT2D eigenvalue weighted by Gasteiger charge is 2.57. The number of hydrogen-bond donors (Lipinski definition) is 1. The zero-order valence-electron chi connectivity index (χ0n) is 33.9. The van der Waals surface area contributed by atoms with Crippen LogP contribution >= 0.6 is 34.8 Å². The van der Waals surface area contributed by atoms with Crippen molar-refractivity contribution < 1.29 is 66.5 Å². The van der Waals surface area contributed by atoms with Crippen molar-refractivity contribution in [2.24, 2.45) is 5.11 Å². The van der Waals surface area contributed by atoms with Gasteiger partial charge in [0.1, 0.15) is 48.9 Å². The fourth-order valence-electron chi connectivity index (χ4n) is 6.56. The minimum atomic E-state index is -2.37. The van der Waals surface area contributed by atoms with E-state index in [1.165, 1.54) is 7.11 Å². The third-order valence-corrected chi connectivity index (χ3v) is 9.95. The van der Waals surface area contributed by atoms with Crippen molar-refractivity contribution in [3.8, 4) is 5.75 Å². The summed E-state index contributed by atoms with van der Waals surface area (Å²) in [4.78, 5) is 41.8. The summed E-state index contributed by atoms with van der Waals surface area (Å²) in [5.74, 6) is -2.70. The number of ether oxygens (including phenoxy) is 11. The molecule has 0 radical (unpaired) electrons. The Hall–Kier alpha value is -4.72. The molecule has 334 valence electrons. The Morgan fingerprint density at radius 1 is 0.726 bits per heavy atom. The Labute approximate surface area is 371 Å². The number of benzene rings is 3. The normalized spacial score (nSPS) is 26.0. The average molecular weight is 924 g/mol. The second-order valence-corrected chi connectivity index (χ2v) is 16.0. The topological polar surface area (TPSA) is 225 Å². The highest BCUT2D eigenvalue weighted by atomic mass is 35.6. The van der Waals surface area contributed by atoms with Gasteiger partial charge in [-0.25, -0.2) is 4.79 Å². The molecule has 62 heavy (non-hydrogen) atoms. The van der Waals surface area contributed by atoms with E-state index in [0.29, 0.717) is 16.9 Å². The van der Waals surface area contributed by atoms with Gasteiger partial charge in [-0.1, -0.05) is 113 Å². The molecule has 21 heteroatoms. The Morgan fingerprint density at radius 3 is 1.81 bits per heavy atom. The first kappa shape index (κ1) is 48.3. The van der Waals surface area contributed by atoms with Gasteiger partial charge in [0.25, 0.3) is 3.79 Å². The third-order valence-electron chi connectivity index (χ3n) is 9.44. The summed E-state index contributed by atoms with van der Waals surface area (Å²) in [6.45, 7) is 1.53. The summed E-state index contributed by atoms with van der Waals surface area (Å²) in [6, 6.07) is 23.4. The first-order chi connectivity index (χ1) is 29.7. The second kappa shape index (κ2) is 23.1. The van der Waals surface area contributed by atoms with Crippen LogP contribution in [0.1, 0.15) is 30.5 Å². The fraction of sp³-hybridized carbons (Fsp3) is 0.463. The SMILES string of the molecule is COC(=O)[C@@H]1O[C@@H](O[C@H]2[C@H](OCc3ccccc3)[C@@H](N=[N+]=[N-])C(OC(=N)C(Cl)(Cl)Cl)O[C@@H]2COC(C)=O)[C@H](OC(C)=O)[C@@H](OCc2ccccc2)[C@@H]1OCc1ccc(OC)cc1. The number of rotatable bonds is 18. The van der Waals surface area contributed by atoms with Crippen LogP contribution in [0.5, 0.6) is 5.75 Å². The standard InChI is InChI=1S/C41H45Cl3N4O14/c1-23(49)54-22-29-31(32(55-19-25-11-7-5-8-12-25)30(47-48-46)38(59-29)62-40(45)41(42,43)44)60-39-36(58-24(2)50)34(57-20-26-13-9-6-10-14-26)33(35(61-39)37(51)53-4)56-21-27-15-17-28(52-3)18-16-27/h5-18,29-36,38-39,45H,19-22H2,1-4H3/t29-,30-,31-,32-,33+,34+,35-,36-,38?,39-/m1/s1. The maximum atomic E-state index is 13.7. The number of nitrogens with zero attached hydrogens (tertiary/aromatic N) is 3. The lowest BCUT2D eigenvalue weighted by molar-refractivity contribution is -0.350. The number of esters is 3. The van der Waals surface area contributed by atoms with Gasteiger partial charge >= 0.3 is 17.9 Å². The molecule has 0 aliphatic carbocycles. The molecule has 0 amide bonds. The van der Waals surface area contributed by atoms with Crippen molar-refractivity contribution >= 4 is 58.6 Å². The molecule has 0 saturated carbocycles. The van der Waals surface area contributed by atoms with Gasteiger partial charge in [-0.05, 0) is 34.4 Å². The molecule has 5 rings (SSSR count). The van der Waals surface area contributed by atoms with Crippen LogP contribution in [0.2, 0.25) is 0 Å². The van der Waals surface area contributed by atoms with Crippen molar-refractivity contribution in [1.29, 1.82) is 5.41 Å². The molecule has 3 aromatic carbocycles. The number of carbonyl (C=O) groups excluding carboxylic acids is 3. The molecule has 0 spiro atoms. The molecule has 0 aromatic heterocycles. The Morgan fingerprint density at radius 2 is 1.29 bits per heavy atom. The summed E-state index contributed by atoms with van der Waals surface area (Å²) in [5.41, 5.74) is 11.9. The third kappa shape index (κ3) is 13.4. The molecule has 18 nitrogen and oxygen atoms in total. The number of carbonyl (C=O) groups is 3.